The zero-order valence-electron chi connectivity index (χ0n) is 18.7. The van der Waals surface area contributed by atoms with Crippen molar-refractivity contribution in [3.8, 4) is 5.75 Å². The largest absolute Gasteiger partial charge is 0.493 e. The van der Waals surface area contributed by atoms with Crippen molar-refractivity contribution in [3.05, 3.63) is 29.1 Å². The van der Waals surface area contributed by atoms with E-state index in [9.17, 15) is 19.5 Å². The maximum atomic E-state index is 15.2. The first-order chi connectivity index (χ1) is 15.8. The molecule has 5 saturated carbocycles. The van der Waals surface area contributed by atoms with Crippen LogP contribution in [0.2, 0.25) is 0 Å². The first kappa shape index (κ1) is 21.1. The molecule has 2 amide bonds. The molecule has 0 spiro atoms. The van der Waals surface area contributed by atoms with Crippen LogP contribution in [0.25, 0.3) is 0 Å². The zero-order chi connectivity index (χ0) is 22.9. The predicted molar refractivity (Wildman–Crippen MR) is 116 cm³/mol. The minimum absolute atomic E-state index is 0.0218. The van der Waals surface area contributed by atoms with E-state index in [2.05, 4.69) is 0 Å². The van der Waals surface area contributed by atoms with E-state index in [-0.39, 0.29) is 29.7 Å². The van der Waals surface area contributed by atoms with Gasteiger partial charge in [0.1, 0.15) is 17.6 Å². The number of nitrogens with zero attached hydrogens (tertiary/aromatic N) is 1. The molecule has 1 unspecified atom stereocenters. The summed E-state index contributed by atoms with van der Waals surface area (Å²) in [6.07, 6.45) is 9.59. The number of imide groups is 1. The van der Waals surface area contributed by atoms with Crippen molar-refractivity contribution < 1.29 is 28.6 Å². The lowest BCUT2D eigenvalue weighted by Gasteiger charge is -2.56. The number of carboxylic acid groups (broad SMARTS) is 1. The van der Waals surface area contributed by atoms with Gasteiger partial charge < -0.3 is 9.84 Å². The van der Waals surface area contributed by atoms with Crippen molar-refractivity contribution in [2.24, 2.45) is 23.2 Å². The van der Waals surface area contributed by atoms with E-state index >= 15 is 4.39 Å². The second-order valence-corrected chi connectivity index (χ2v) is 11.3. The van der Waals surface area contributed by atoms with Crippen molar-refractivity contribution in [1.82, 2.24) is 4.90 Å². The van der Waals surface area contributed by atoms with Gasteiger partial charge in [-0.05, 0) is 93.1 Å². The molecule has 33 heavy (non-hydrogen) atoms. The Labute approximate surface area is 192 Å². The lowest BCUT2D eigenvalue weighted by molar-refractivity contribution is -0.144. The number of carbonyl (C=O) groups excluding carboxylic acids is 2. The third kappa shape index (κ3) is 3.64. The molecule has 7 heteroatoms. The van der Waals surface area contributed by atoms with E-state index in [0.717, 1.165) is 36.2 Å². The molecule has 1 heterocycles. The molecule has 6 aliphatic rings. The Balaban J connectivity index is 1.26. The molecule has 1 aromatic carbocycles. The molecule has 6 fully saturated rings. The van der Waals surface area contributed by atoms with Crippen molar-refractivity contribution in [2.75, 3.05) is 6.61 Å². The van der Waals surface area contributed by atoms with Crippen LogP contribution in [0.1, 0.15) is 86.0 Å². The molecule has 1 N–H and O–H groups in total. The number of ether oxygens (including phenoxy) is 1. The Morgan fingerprint density at radius 3 is 2.27 bits per heavy atom. The number of benzene rings is 1. The van der Waals surface area contributed by atoms with Crippen LogP contribution in [-0.4, -0.2) is 40.4 Å². The third-order valence-electron chi connectivity index (χ3n) is 8.76. The number of likely N-dealkylation sites (tertiary alicyclic amines) is 1. The van der Waals surface area contributed by atoms with Crippen molar-refractivity contribution in [1.29, 1.82) is 0 Å². The van der Waals surface area contributed by atoms with Crippen LogP contribution in [-0.2, 0) is 9.59 Å². The second-order valence-electron chi connectivity index (χ2n) is 11.3. The maximum absolute atomic E-state index is 15.2. The molecule has 1 aromatic rings. The number of carbonyl (C=O) groups is 3. The lowest BCUT2D eigenvalue weighted by atomic mass is 9.50. The summed E-state index contributed by atoms with van der Waals surface area (Å²) < 4.78 is 21.5. The summed E-state index contributed by atoms with van der Waals surface area (Å²) in [5.41, 5.74) is 0.764. The molecule has 7 rings (SSSR count). The highest BCUT2D eigenvalue weighted by Gasteiger charge is 2.51. The SMILES string of the molecule is O=C(O)C1CCC(=O)N1C(=O)c1cc(C2CC2)c(OCC23CC4CC(CC(C4)C2)C3)cc1F. The summed E-state index contributed by atoms with van der Waals surface area (Å²) in [6.45, 7) is 0.592. The smallest absolute Gasteiger partial charge is 0.326 e. The molecule has 176 valence electrons. The van der Waals surface area contributed by atoms with Crippen LogP contribution in [0.4, 0.5) is 4.39 Å². The first-order valence-corrected chi connectivity index (χ1v) is 12.4. The molecule has 1 saturated heterocycles. The topological polar surface area (TPSA) is 83.9 Å². The highest BCUT2D eigenvalue weighted by molar-refractivity contribution is 6.08. The average Bonchev–Trinajstić information content (AvgIpc) is 3.52. The molecule has 0 aromatic heterocycles. The fourth-order valence-corrected chi connectivity index (χ4v) is 7.57. The number of hydrogen-bond donors (Lipinski definition) is 1. The number of hydrogen-bond acceptors (Lipinski definition) is 4. The molecule has 4 bridgehead atoms. The van der Waals surface area contributed by atoms with E-state index in [1.807, 2.05) is 0 Å². The first-order valence-electron chi connectivity index (χ1n) is 12.4. The van der Waals surface area contributed by atoms with Crippen LogP contribution < -0.4 is 4.74 Å². The third-order valence-corrected chi connectivity index (χ3v) is 8.76. The zero-order valence-corrected chi connectivity index (χ0v) is 18.7. The molecule has 0 radical (unpaired) electrons. The number of aliphatic carboxylic acids is 1. The number of halogens is 1. The minimum atomic E-state index is -1.24. The van der Waals surface area contributed by atoms with Gasteiger partial charge in [0.25, 0.3) is 5.91 Å². The molecule has 1 atom stereocenters. The summed E-state index contributed by atoms with van der Waals surface area (Å²) in [4.78, 5) is 37.5. The van der Waals surface area contributed by atoms with Gasteiger partial charge in [-0.2, -0.15) is 0 Å². The molecule has 5 aliphatic carbocycles. The molecular weight excluding hydrogens is 425 g/mol. The van der Waals surface area contributed by atoms with Crippen LogP contribution in [0.15, 0.2) is 12.1 Å². The van der Waals surface area contributed by atoms with Gasteiger partial charge in [0, 0.05) is 17.9 Å². The van der Waals surface area contributed by atoms with Gasteiger partial charge in [-0.25, -0.2) is 9.18 Å². The summed E-state index contributed by atoms with van der Waals surface area (Å²) in [5.74, 6) is -0.294. The van der Waals surface area contributed by atoms with Crippen LogP contribution in [0, 0.1) is 29.0 Å². The quantitative estimate of drug-likeness (QED) is 0.638. The Kier molecular flexibility index (Phi) is 4.82. The second kappa shape index (κ2) is 7.54. The lowest BCUT2D eigenvalue weighted by Crippen LogP contribution is -2.48. The maximum Gasteiger partial charge on any atom is 0.326 e. The van der Waals surface area contributed by atoms with Crippen molar-refractivity contribution >= 4 is 17.8 Å². The van der Waals surface area contributed by atoms with E-state index in [1.54, 1.807) is 0 Å². The number of carboxylic acids is 1. The number of amides is 2. The van der Waals surface area contributed by atoms with Crippen LogP contribution in [0.5, 0.6) is 5.75 Å². The van der Waals surface area contributed by atoms with Crippen molar-refractivity contribution in [3.63, 3.8) is 0 Å². The van der Waals surface area contributed by atoms with E-state index in [4.69, 9.17) is 4.74 Å². The summed E-state index contributed by atoms with van der Waals surface area (Å²) in [5, 5.41) is 9.39. The van der Waals surface area contributed by atoms with Crippen LogP contribution in [0.3, 0.4) is 0 Å². The Morgan fingerprint density at radius 2 is 1.70 bits per heavy atom. The van der Waals surface area contributed by atoms with Crippen LogP contribution >= 0.6 is 0 Å². The van der Waals surface area contributed by atoms with Gasteiger partial charge in [-0.15, -0.1) is 0 Å². The van der Waals surface area contributed by atoms with Gasteiger partial charge in [0.2, 0.25) is 5.91 Å². The van der Waals surface area contributed by atoms with Gasteiger partial charge in [0.15, 0.2) is 0 Å². The van der Waals surface area contributed by atoms with E-state index in [0.29, 0.717) is 17.3 Å². The van der Waals surface area contributed by atoms with Gasteiger partial charge >= 0.3 is 5.97 Å². The molecule has 1 aliphatic heterocycles. The van der Waals surface area contributed by atoms with Gasteiger partial charge in [-0.1, -0.05) is 0 Å². The van der Waals surface area contributed by atoms with E-state index in [1.165, 1.54) is 50.7 Å². The highest BCUT2D eigenvalue weighted by Crippen LogP contribution is 2.60. The monoisotopic (exact) mass is 455 g/mol. The molecular formula is C26H30FNO5. The Hall–Kier alpha value is -2.44. The fourth-order valence-electron chi connectivity index (χ4n) is 7.57. The Morgan fingerprint density at radius 1 is 1.06 bits per heavy atom. The standard InChI is InChI=1S/C26H30FNO5/c27-20-9-22(33-13-26-10-14-5-15(11-26)7-16(6-14)12-26)18(17-1-2-17)8-19(20)24(30)28-21(25(31)32)3-4-23(28)29/h8-9,14-17,21H,1-7,10-13H2,(H,31,32). The normalized spacial score (nSPS) is 34.7. The van der Waals surface area contributed by atoms with Gasteiger partial charge in [0.05, 0.1) is 12.2 Å². The van der Waals surface area contributed by atoms with Crippen molar-refractivity contribution in [2.45, 2.75) is 76.2 Å². The number of rotatable bonds is 6. The fraction of sp³-hybridized carbons (Fsp3) is 0.654. The molecule has 6 nitrogen and oxygen atoms in total. The summed E-state index contributed by atoms with van der Waals surface area (Å²) in [6, 6.07) is 1.56. The summed E-state index contributed by atoms with van der Waals surface area (Å²) in [7, 11) is 0. The predicted octanol–water partition coefficient (Wildman–Crippen LogP) is 4.51. The average molecular weight is 456 g/mol. The van der Waals surface area contributed by atoms with E-state index < -0.39 is 29.6 Å². The minimum Gasteiger partial charge on any atom is -0.493 e. The van der Waals surface area contributed by atoms with Gasteiger partial charge in [-0.3, -0.25) is 14.5 Å². The summed E-state index contributed by atoms with van der Waals surface area (Å²) >= 11 is 0. The highest BCUT2D eigenvalue weighted by atomic mass is 19.1. The Bertz CT molecular complexity index is 996.